The molecule has 3 heteroatoms. The molecule has 0 aliphatic carbocycles. The number of nitro benzene ring substituents is 1. The Morgan fingerprint density at radius 1 is 1.31 bits per heavy atom. The van der Waals surface area contributed by atoms with Crippen LogP contribution in [0, 0.1) is 10.1 Å². The first-order chi connectivity index (χ1) is 7.66. The Morgan fingerprint density at radius 2 is 2.00 bits per heavy atom. The number of rotatable bonds is 6. The molecule has 1 atom stereocenters. The topological polar surface area (TPSA) is 43.1 Å². The lowest BCUT2D eigenvalue weighted by molar-refractivity contribution is -0.385. The van der Waals surface area contributed by atoms with Gasteiger partial charge in [0.05, 0.1) is 4.92 Å². The second-order valence-electron chi connectivity index (χ2n) is 4.21. The van der Waals surface area contributed by atoms with Gasteiger partial charge in [0.1, 0.15) is 0 Å². The molecule has 0 saturated heterocycles. The summed E-state index contributed by atoms with van der Waals surface area (Å²) in [6.07, 6.45) is 4.55. The number of nitro groups is 1. The van der Waals surface area contributed by atoms with Gasteiger partial charge in [0.2, 0.25) is 0 Å². The van der Waals surface area contributed by atoms with Crippen molar-refractivity contribution in [1.82, 2.24) is 0 Å². The summed E-state index contributed by atoms with van der Waals surface area (Å²) >= 11 is 0. The molecular formula is C13H19NO2. The molecule has 0 N–H and O–H groups in total. The minimum atomic E-state index is -0.286. The Labute approximate surface area is 96.6 Å². The Balaban J connectivity index is 2.74. The summed E-state index contributed by atoms with van der Waals surface area (Å²) in [5, 5.41) is 10.9. The summed E-state index contributed by atoms with van der Waals surface area (Å²) in [4.78, 5) is 10.6. The summed E-state index contributed by atoms with van der Waals surface area (Å²) in [6, 6.07) is 7.06. The Bertz CT molecular complexity index is 350. The molecular weight excluding hydrogens is 202 g/mol. The molecule has 0 heterocycles. The quantitative estimate of drug-likeness (QED) is 0.409. The van der Waals surface area contributed by atoms with Gasteiger partial charge in [0.15, 0.2) is 0 Å². The average Bonchev–Trinajstić information content (AvgIpc) is 2.29. The third kappa shape index (κ3) is 3.33. The van der Waals surface area contributed by atoms with E-state index >= 15 is 0 Å². The monoisotopic (exact) mass is 221 g/mol. The molecule has 0 saturated carbocycles. The maximum absolute atomic E-state index is 10.9. The van der Waals surface area contributed by atoms with E-state index in [1.54, 1.807) is 12.1 Å². The van der Waals surface area contributed by atoms with Gasteiger partial charge in [0, 0.05) is 11.6 Å². The minimum absolute atomic E-state index is 0.256. The first-order valence-electron chi connectivity index (χ1n) is 5.90. The standard InChI is InChI=1S/C13H19NO2/c1-3-4-5-8-11(2)12-9-6-7-10-13(12)14(15)16/h6-7,9-11H,3-5,8H2,1-2H3. The van der Waals surface area contributed by atoms with Gasteiger partial charge < -0.3 is 0 Å². The zero-order chi connectivity index (χ0) is 12.0. The fraction of sp³-hybridized carbons (Fsp3) is 0.538. The van der Waals surface area contributed by atoms with E-state index in [2.05, 4.69) is 13.8 Å². The van der Waals surface area contributed by atoms with E-state index < -0.39 is 0 Å². The van der Waals surface area contributed by atoms with E-state index in [0.29, 0.717) is 0 Å². The number of hydrogen-bond acceptors (Lipinski definition) is 2. The van der Waals surface area contributed by atoms with Crippen LogP contribution in [0.5, 0.6) is 0 Å². The van der Waals surface area contributed by atoms with Gasteiger partial charge in [-0.15, -0.1) is 0 Å². The van der Waals surface area contributed by atoms with Crippen molar-refractivity contribution < 1.29 is 4.92 Å². The van der Waals surface area contributed by atoms with E-state index in [4.69, 9.17) is 0 Å². The fourth-order valence-corrected chi connectivity index (χ4v) is 1.93. The lowest BCUT2D eigenvalue weighted by Gasteiger charge is -2.11. The van der Waals surface area contributed by atoms with Crippen molar-refractivity contribution in [1.29, 1.82) is 0 Å². The largest absolute Gasteiger partial charge is 0.272 e. The Kier molecular flexibility index (Phi) is 4.96. The SMILES string of the molecule is CCCCCC(C)c1ccccc1[N+](=O)[O-]. The van der Waals surface area contributed by atoms with Crippen LogP contribution < -0.4 is 0 Å². The Hall–Kier alpha value is -1.38. The zero-order valence-corrected chi connectivity index (χ0v) is 9.98. The highest BCUT2D eigenvalue weighted by Gasteiger charge is 2.17. The molecule has 1 aromatic rings. The van der Waals surface area contributed by atoms with Crippen molar-refractivity contribution in [2.24, 2.45) is 0 Å². The molecule has 16 heavy (non-hydrogen) atoms. The first kappa shape index (κ1) is 12.7. The molecule has 0 aliphatic rings. The fourth-order valence-electron chi connectivity index (χ4n) is 1.93. The van der Waals surface area contributed by atoms with Crippen LogP contribution in [0.4, 0.5) is 5.69 Å². The predicted molar refractivity (Wildman–Crippen MR) is 65.7 cm³/mol. The van der Waals surface area contributed by atoms with Crippen molar-refractivity contribution >= 4 is 5.69 Å². The minimum Gasteiger partial charge on any atom is -0.258 e. The molecule has 0 aromatic heterocycles. The molecule has 0 radical (unpaired) electrons. The number of nitrogens with zero attached hydrogens (tertiary/aromatic N) is 1. The number of hydrogen-bond donors (Lipinski definition) is 0. The van der Waals surface area contributed by atoms with E-state index in [-0.39, 0.29) is 16.5 Å². The van der Waals surface area contributed by atoms with Crippen molar-refractivity contribution in [3.8, 4) is 0 Å². The molecule has 1 unspecified atom stereocenters. The molecule has 0 bridgehead atoms. The molecule has 3 nitrogen and oxygen atoms in total. The lowest BCUT2D eigenvalue weighted by atomic mass is 9.94. The lowest BCUT2D eigenvalue weighted by Crippen LogP contribution is -1.99. The van der Waals surface area contributed by atoms with Crippen LogP contribution in [-0.2, 0) is 0 Å². The van der Waals surface area contributed by atoms with Crippen molar-refractivity contribution in [3.05, 3.63) is 39.9 Å². The van der Waals surface area contributed by atoms with Crippen LogP contribution in [0.15, 0.2) is 24.3 Å². The normalized spacial score (nSPS) is 12.4. The van der Waals surface area contributed by atoms with E-state index in [1.807, 2.05) is 12.1 Å². The first-order valence-corrected chi connectivity index (χ1v) is 5.90. The molecule has 0 amide bonds. The summed E-state index contributed by atoms with van der Waals surface area (Å²) in [5.74, 6) is 0.271. The molecule has 0 fully saturated rings. The number of benzene rings is 1. The average molecular weight is 221 g/mol. The maximum Gasteiger partial charge on any atom is 0.272 e. The van der Waals surface area contributed by atoms with Crippen LogP contribution in [-0.4, -0.2) is 4.92 Å². The summed E-state index contributed by atoms with van der Waals surface area (Å²) in [6.45, 7) is 4.23. The zero-order valence-electron chi connectivity index (χ0n) is 9.98. The van der Waals surface area contributed by atoms with Gasteiger partial charge in [0.25, 0.3) is 5.69 Å². The predicted octanol–water partition coefficient (Wildman–Crippen LogP) is 4.28. The molecule has 0 spiro atoms. The van der Waals surface area contributed by atoms with Crippen molar-refractivity contribution in [3.63, 3.8) is 0 Å². The summed E-state index contributed by atoms with van der Waals surface area (Å²) in [7, 11) is 0. The van der Waals surface area contributed by atoms with Gasteiger partial charge in [-0.3, -0.25) is 10.1 Å². The van der Waals surface area contributed by atoms with E-state index in [1.165, 1.54) is 12.8 Å². The van der Waals surface area contributed by atoms with Gasteiger partial charge in [-0.25, -0.2) is 0 Å². The molecule has 88 valence electrons. The van der Waals surface area contributed by atoms with Gasteiger partial charge >= 0.3 is 0 Å². The van der Waals surface area contributed by atoms with Crippen LogP contribution >= 0.6 is 0 Å². The highest BCUT2D eigenvalue weighted by atomic mass is 16.6. The highest BCUT2D eigenvalue weighted by Crippen LogP contribution is 2.29. The third-order valence-electron chi connectivity index (χ3n) is 2.91. The summed E-state index contributed by atoms with van der Waals surface area (Å²) < 4.78 is 0. The van der Waals surface area contributed by atoms with Gasteiger partial charge in [-0.1, -0.05) is 51.3 Å². The number of unbranched alkanes of at least 4 members (excludes halogenated alkanes) is 2. The van der Waals surface area contributed by atoms with Crippen LogP contribution in [0.3, 0.4) is 0 Å². The maximum atomic E-state index is 10.9. The second kappa shape index (κ2) is 6.26. The van der Waals surface area contributed by atoms with Crippen LogP contribution in [0.2, 0.25) is 0 Å². The van der Waals surface area contributed by atoms with Gasteiger partial charge in [-0.2, -0.15) is 0 Å². The molecule has 0 aliphatic heterocycles. The van der Waals surface area contributed by atoms with E-state index in [9.17, 15) is 10.1 Å². The molecule has 1 rings (SSSR count). The highest BCUT2D eigenvalue weighted by molar-refractivity contribution is 5.41. The molecule has 1 aromatic carbocycles. The van der Waals surface area contributed by atoms with Crippen LogP contribution in [0.25, 0.3) is 0 Å². The van der Waals surface area contributed by atoms with Crippen LogP contribution in [0.1, 0.15) is 51.0 Å². The Morgan fingerprint density at radius 3 is 2.62 bits per heavy atom. The smallest absolute Gasteiger partial charge is 0.258 e. The van der Waals surface area contributed by atoms with Crippen molar-refractivity contribution in [2.75, 3.05) is 0 Å². The van der Waals surface area contributed by atoms with Gasteiger partial charge in [-0.05, 0) is 12.3 Å². The van der Waals surface area contributed by atoms with Crippen molar-refractivity contribution in [2.45, 2.75) is 45.4 Å². The van der Waals surface area contributed by atoms with E-state index in [0.717, 1.165) is 18.4 Å². The summed E-state index contributed by atoms with van der Waals surface area (Å²) in [5.41, 5.74) is 1.12. The third-order valence-corrected chi connectivity index (χ3v) is 2.91. The second-order valence-corrected chi connectivity index (χ2v) is 4.21. The number of para-hydroxylation sites is 1.